The van der Waals surface area contributed by atoms with Crippen LogP contribution in [0.1, 0.15) is 29.3 Å². The molecule has 0 spiro atoms. The largest absolute Gasteiger partial charge is 0.449 e. The minimum absolute atomic E-state index is 0.0533. The minimum atomic E-state index is -0.814. The summed E-state index contributed by atoms with van der Waals surface area (Å²) in [6.07, 6.45) is -0.814. The highest BCUT2D eigenvalue weighted by Gasteiger charge is 2.20. The van der Waals surface area contributed by atoms with E-state index in [1.54, 1.807) is 6.92 Å². The van der Waals surface area contributed by atoms with E-state index in [1.807, 2.05) is 0 Å². The van der Waals surface area contributed by atoms with Crippen LogP contribution in [0.2, 0.25) is 10.0 Å². The van der Waals surface area contributed by atoms with Crippen molar-refractivity contribution in [3.05, 3.63) is 74.1 Å². The van der Waals surface area contributed by atoms with Gasteiger partial charge in [0.1, 0.15) is 0 Å². The van der Waals surface area contributed by atoms with Crippen LogP contribution in [0.5, 0.6) is 0 Å². The summed E-state index contributed by atoms with van der Waals surface area (Å²) in [5, 5.41) is 19.0. The SMILES string of the molecule is C[C@H](OC(=O)c1ccc(Cl)c(Cl)c1)c1nnc(-c2ccc([N+](=O)[O-])cc2)o1. The van der Waals surface area contributed by atoms with Crippen molar-refractivity contribution in [1.29, 1.82) is 0 Å². The molecule has 138 valence electrons. The van der Waals surface area contributed by atoms with E-state index < -0.39 is 17.0 Å². The average molecular weight is 408 g/mol. The van der Waals surface area contributed by atoms with Crippen LogP contribution in [0, 0.1) is 10.1 Å². The van der Waals surface area contributed by atoms with Gasteiger partial charge in [0.05, 0.1) is 20.5 Å². The van der Waals surface area contributed by atoms with E-state index in [9.17, 15) is 14.9 Å². The topological polar surface area (TPSA) is 108 Å². The van der Waals surface area contributed by atoms with E-state index in [1.165, 1.54) is 42.5 Å². The van der Waals surface area contributed by atoms with Crippen molar-refractivity contribution in [3.8, 4) is 11.5 Å². The molecule has 0 unspecified atom stereocenters. The van der Waals surface area contributed by atoms with E-state index >= 15 is 0 Å². The molecule has 3 rings (SSSR count). The van der Waals surface area contributed by atoms with Gasteiger partial charge in [-0.1, -0.05) is 23.2 Å². The first-order valence-electron chi connectivity index (χ1n) is 7.59. The smallest absolute Gasteiger partial charge is 0.338 e. The molecule has 0 saturated heterocycles. The fourth-order valence-corrected chi connectivity index (χ4v) is 2.44. The molecular weight excluding hydrogens is 397 g/mol. The normalized spacial score (nSPS) is 11.8. The number of non-ortho nitro benzene ring substituents is 1. The van der Waals surface area contributed by atoms with Crippen LogP contribution in [0.25, 0.3) is 11.5 Å². The molecule has 0 bridgehead atoms. The zero-order chi connectivity index (χ0) is 19.6. The summed E-state index contributed by atoms with van der Waals surface area (Å²) < 4.78 is 10.8. The molecule has 8 nitrogen and oxygen atoms in total. The van der Waals surface area contributed by atoms with Crippen molar-refractivity contribution in [2.45, 2.75) is 13.0 Å². The molecule has 0 amide bonds. The summed E-state index contributed by atoms with van der Waals surface area (Å²) in [5.41, 5.74) is 0.677. The van der Waals surface area contributed by atoms with Crippen LogP contribution in [0.15, 0.2) is 46.9 Å². The summed E-state index contributed by atoms with van der Waals surface area (Å²) in [4.78, 5) is 22.4. The Hall–Kier alpha value is -2.97. The number of halogens is 2. The van der Waals surface area contributed by atoms with Crippen molar-refractivity contribution in [1.82, 2.24) is 10.2 Å². The molecular formula is C17H11Cl2N3O5. The van der Waals surface area contributed by atoms with E-state index in [0.29, 0.717) is 10.6 Å². The van der Waals surface area contributed by atoms with Crippen LogP contribution < -0.4 is 0 Å². The Balaban J connectivity index is 1.72. The molecule has 0 aliphatic carbocycles. The second kappa shape index (κ2) is 7.73. The van der Waals surface area contributed by atoms with E-state index in [-0.39, 0.29) is 28.1 Å². The Bertz CT molecular complexity index is 1000. The molecule has 0 aliphatic heterocycles. The number of esters is 1. The third-order valence-corrected chi connectivity index (χ3v) is 4.29. The van der Waals surface area contributed by atoms with Gasteiger partial charge in [0.2, 0.25) is 5.89 Å². The number of hydrogen-bond donors (Lipinski definition) is 0. The maximum atomic E-state index is 12.2. The first-order chi connectivity index (χ1) is 12.8. The first-order valence-corrected chi connectivity index (χ1v) is 8.35. The molecule has 1 heterocycles. The lowest BCUT2D eigenvalue weighted by Crippen LogP contribution is -2.09. The fraction of sp³-hybridized carbons (Fsp3) is 0.118. The number of hydrogen-bond acceptors (Lipinski definition) is 7. The van der Waals surface area contributed by atoms with Gasteiger partial charge in [-0.3, -0.25) is 10.1 Å². The number of nitro benzene ring substituents is 1. The zero-order valence-corrected chi connectivity index (χ0v) is 15.3. The maximum Gasteiger partial charge on any atom is 0.338 e. The number of rotatable bonds is 5. The molecule has 0 radical (unpaired) electrons. The lowest BCUT2D eigenvalue weighted by molar-refractivity contribution is -0.384. The minimum Gasteiger partial charge on any atom is -0.449 e. The van der Waals surface area contributed by atoms with Gasteiger partial charge in [-0.15, -0.1) is 10.2 Å². The molecule has 2 aromatic carbocycles. The Kier molecular flexibility index (Phi) is 5.38. The van der Waals surface area contributed by atoms with Crippen LogP contribution in [0.4, 0.5) is 5.69 Å². The van der Waals surface area contributed by atoms with Crippen LogP contribution in [0.3, 0.4) is 0 Å². The van der Waals surface area contributed by atoms with Gasteiger partial charge in [0.25, 0.3) is 11.6 Å². The molecule has 10 heteroatoms. The van der Waals surface area contributed by atoms with Gasteiger partial charge in [-0.2, -0.15) is 0 Å². The Morgan fingerprint density at radius 2 is 1.85 bits per heavy atom. The predicted molar refractivity (Wildman–Crippen MR) is 96.7 cm³/mol. The molecule has 0 aliphatic rings. The summed E-state index contributed by atoms with van der Waals surface area (Å²) in [6.45, 7) is 1.57. The second-order valence-corrected chi connectivity index (χ2v) is 6.24. The third kappa shape index (κ3) is 4.24. The first kappa shape index (κ1) is 18.8. The molecule has 1 aromatic heterocycles. The summed E-state index contributed by atoms with van der Waals surface area (Å²) in [5.74, 6) is -0.398. The standard InChI is InChI=1S/C17H11Cl2N3O5/c1-9(26-17(23)11-4-7-13(18)14(19)8-11)15-20-21-16(27-15)10-2-5-12(6-3-10)22(24)25/h2-9H,1H3/t9-/m0/s1. The highest BCUT2D eigenvalue weighted by atomic mass is 35.5. The van der Waals surface area contributed by atoms with E-state index in [4.69, 9.17) is 32.4 Å². The van der Waals surface area contributed by atoms with Crippen LogP contribution in [-0.2, 0) is 4.74 Å². The third-order valence-electron chi connectivity index (χ3n) is 3.55. The Labute approximate surface area is 162 Å². The van der Waals surface area contributed by atoms with E-state index in [0.717, 1.165) is 0 Å². The average Bonchev–Trinajstić information content (AvgIpc) is 3.14. The maximum absolute atomic E-state index is 12.2. The summed E-state index contributed by atoms with van der Waals surface area (Å²) >= 11 is 11.7. The van der Waals surface area contributed by atoms with Crippen molar-refractivity contribution in [2.24, 2.45) is 0 Å². The number of carbonyl (C=O) groups excluding carboxylic acids is 1. The van der Waals surface area contributed by atoms with E-state index in [2.05, 4.69) is 10.2 Å². The molecule has 0 N–H and O–H groups in total. The fourth-order valence-electron chi connectivity index (χ4n) is 2.14. The Morgan fingerprint density at radius 1 is 1.15 bits per heavy atom. The molecule has 0 saturated carbocycles. The predicted octanol–water partition coefficient (Wildman–Crippen LogP) is 4.87. The highest BCUT2D eigenvalue weighted by molar-refractivity contribution is 6.42. The molecule has 1 atom stereocenters. The number of ether oxygens (including phenoxy) is 1. The molecule has 0 fully saturated rings. The quantitative estimate of drug-likeness (QED) is 0.337. The molecule has 27 heavy (non-hydrogen) atoms. The van der Waals surface area contributed by atoms with Gasteiger partial charge in [0, 0.05) is 17.7 Å². The van der Waals surface area contributed by atoms with Gasteiger partial charge < -0.3 is 9.15 Å². The zero-order valence-electron chi connectivity index (χ0n) is 13.8. The number of carbonyl (C=O) groups is 1. The lowest BCUT2D eigenvalue weighted by atomic mass is 10.2. The number of benzene rings is 2. The van der Waals surface area contributed by atoms with Gasteiger partial charge in [0.15, 0.2) is 6.10 Å². The number of nitro groups is 1. The van der Waals surface area contributed by atoms with Gasteiger partial charge in [-0.25, -0.2) is 4.79 Å². The van der Waals surface area contributed by atoms with Crippen molar-refractivity contribution < 1.29 is 18.9 Å². The van der Waals surface area contributed by atoms with Crippen molar-refractivity contribution >= 4 is 34.9 Å². The van der Waals surface area contributed by atoms with Gasteiger partial charge >= 0.3 is 5.97 Å². The van der Waals surface area contributed by atoms with Gasteiger partial charge in [-0.05, 0) is 37.3 Å². The number of nitrogens with zero attached hydrogens (tertiary/aromatic N) is 3. The second-order valence-electron chi connectivity index (χ2n) is 5.43. The Morgan fingerprint density at radius 3 is 2.48 bits per heavy atom. The highest BCUT2D eigenvalue weighted by Crippen LogP contribution is 2.26. The number of aromatic nitrogens is 2. The summed E-state index contributed by atoms with van der Waals surface area (Å²) in [7, 11) is 0. The lowest BCUT2D eigenvalue weighted by Gasteiger charge is -2.09. The summed E-state index contributed by atoms with van der Waals surface area (Å²) in [6, 6.07) is 10.0. The van der Waals surface area contributed by atoms with Crippen molar-refractivity contribution in [3.63, 3.8) is 0 Å². The molecule has 3 aromatic rings. The monoisotopic (exact) mass is 407 g/mol. The van der Waals surface area contributed by atoms with Crippen LogP contribution in [-0.4, -0.2) is 21.1 Å². The van der Waals surface area contributed by atoms with Crippen LogP contribution >= 0.6 is 23.2 Å². The van der Waals surface area contributed by atoms with Crippen molar-refractivity contribution in [2.75, 3.05) is 0 Å².